The monoisotopic (exact) mass is 773 g/mol. The summed E-state index contributed by atoms with van der Waals surface area (Å²) >= 11 is 0. The molecule has 4 heterocycles. The number of pyridine rings is 1. The first kappa shape index (κ1) is 38.2. The molecule has 0 saturated carbocycles. The van der Waals surface area contributed by atoms with Crippen LogP contribution in [0.5, 0.6) is 11.5 Å². The summed E-state index contributed by atoms with van der Waals surface area (Å²) in [6.07, 6.45) is 8.08. The van der Waals surface area contributed by atoms with Crippen molar-refractivity contribution in [1.82, 2.24) is 19.8 Å². The number of anilines is 2. The van der Waals surface area contributed by atoms with Crippen LogP contribution in [0.4, 0.5) is 17.1 Å². The fraction of sp³-hybridized carbons (Fsp3) is 0.268. The summed E-state index contributed by atoms with van der Waals surface area (Å²) in [7, 11) is 1.61. The number of unbranched alkanes of at least 4 members (excludes halogenated alkanes) is 4. The van der Waals surface area contributed by atoms with Crippen molar-refractivity contribution in [3.05, 3.63) is 111 Å². The molecule has 57 heavy (non-hydrogen) atoms. The molecular weight excluding hydrogens is 734 g/mol. The molecule has 5 aromatic rings. The number of hydrogen-bond acceptors (Lipinski definition) is 10. The molecule has 1 saturated heterocycles. The number of ether oxygens (including phenoxy) is 1. The molecule has 4 N–H and O–H groups in total. The molecule has 5 amide bonds. The van der Waals surface area contributed by atoms with Crippen LogP contribution in [-0.4, -0.2) is 61.5 Å². The largest absolute Gasteiger partial charge is 0.457 e. The Morgan fingerprint density at radius 3 is 2.37 bits per heavy atom. The van der Waals surface area contributed by atoms with Gasteiger partial charge < -0.3 is 24.9 Å². The number of carbonyl (C=O) groups excluding carboxylic acids is 5. The number of nitrogens with one attached hydrogen (secondary N) is 4. The Morgan fingerprint density at radius 2 is 1.60 bits per heavy atom. The number of rotatable bonds is 15. The highest BCUT2D eigenvalue weighted by molar-refractivity contribution is 6.23. The highest BCUT2D eigenvalue weighted by Gasteiger charge is 2.44. The number of hydrogen-bond donors (Lipinski definition) is 4. The van der Waals surface area contributed by atoms with Crippen molar-refractivity contribution in [2.24, 2.45) is 7.05 Å². The zero-order valence-corrected chi connectivity index (χ0v) is 31.0. The second kappa shape index (κ2) is 16.3. The maximum atomic E-state index is 13.1. The SMILES string of the molecule is Cn1cc(-c2cc([N+](=O)[O-])ccc2Oc2ccc(NC(=O)CCCCCCCNc3ccc4c(c3)C(=O)N(C3CCC(=O)NC3=O)C4=O)cc2)c2cc[nH]c2c1=O. The number of aromatic amines is 1. The lowest BCUT2D eigenvalue weighted by atomic mass is 10.0. The van der Waals surface area contributed by atoms with E-state index >= 15 is 0 Å². The van der Waals surface area contributed by atoms with Crippen molar-refractivity contribution in [2.45, 2.75) is 57.4 Å². The lowest BCUT2D eigenvalue weighted by Crippen LogP contribution is -2.54. The second-order valence-electron chi connectivity index (χ2n) is 14.0. The molecule has 1 unspecified atom stereocenters. The molecule has 3 aromatic carbocycles. The Bertz CT molecular complexity index is 2490. The minimum absolute atomic E-state index is 0.0635. The van der Waals surface area contributed by atoms with Gasteiger partial charge in [0.25, 0.3) is 23.1 Å². The molecule has 2 aliphatic heterocycles. The molecule has 16 nitrogen and oxygen atoms in total. The van der Waals surface area contributed by atoms with Gasteiger partial charge in [-0.1, -0.05) is 19.3 Å². The highest BCUT2D eigenvalue weighted by Crippen LogP contribution is 2.39. The van der Waals surface area contributed by atoms with Crippen molar-refractivity contribution in [1.29, 1.82) is 0 Å². The van der Waals surface area contributed by atoms with Crippen LogP contribution in [0.2, 0.25) is 0 Å². The van der Waals surface area contributed by atoms with Crippen molar-refractivity contribution in [3.63, 3.8) is 0 Å². The first-order valence-corrected chi connectivity index (χ1v) is 18.6. The third-order valence-electron chi connectivity index (χ3n) is 10.1. The van der Waals surface area contributed by atoms with E-state index in [0.717, 1.165) is 30.6 Å². The molecular formula is C41H39N7O9. The van der Waals surface area contributed by atoms with Gasteiger partial charge in [0.2, 0.25) is 17.7 Å². The Morgan fingerprint density at radius 1 is 0.860 bits per heavy atom. The third-order valence-corrected chi connectivity index (χ3v) is 10.1. The average molecular weight is 774 g/mol. The van der Waals surface area contributed by atoms with Crippen molar-refractivity contribution >= 4 is 57.5 Å². The number of carbonyl (C=O) groups is 5. The van der Waals surface area contributed by atoms with Crippen LogP contribution in [0, 0.1) is 10.1 Å². The Labute approximate surface area is 325 Å². The number of amides is 5. The van der Waals surface area contributed by atoms with E-state index in [1.165, 1.54) is 22.8 Å². The fourth-order valence-electron chi connectivity index (χ4n) is 7.13. The summed E-state index contributed by atoms with van der Waals surface area (Å²) in [6.45, 7) is 0.646. The number of imide groups is 2. The fourth-order valence-corrected chi connectivity index (χ4v) is 7.13. The molecule has 0 radical (unpaired) electrons. The minimum Gasteiger partial charge on any atom is -0.457 e. The number of H-pyrrole nitrogens is 1. The van der Waals surface area contributed by atoms with Gasteiger partial charge in [-0.25, -0.2) is 0 Å². The van der Waals surface area contributed by atoms with Gasteiger partial charge in [-0.3, -0.25) is 49.1 Å². The number of nitro benzene ring substituents is 1. The van der Waals surface area contributed by atoms with Gasteiger partial charge in [-0.05, 0) is 73.9 Å². The quantitative estimate of drug-likeness (QED) is 0.0420. The van der Waals surface area contributed by atoms with Crippen LogP contribution in [0.3, 0.4) is 0 Å². The van der Waals surface area contributed by atoms with Gasteiger partial charge in [0.1, 0.15) is 23.1 Å². The summed E-state index contributed by atoms with van der Waals surface area (Å²) in [4.78, 5) is 90.1. The van der Waals surface area contributed by atoms with Gasteiger partial charge in [0.05, 0.1) is 16.1 Å². The molecule has 2 aromatic heterocycles. The number of aryl methyl sites for hydroxylation is 1. The molecule has 1 atom stereocenters. The van der Waals surface area contributed by atoms with Crippen LogP contribution >= 0.6 is 0 Å². The molecule has 16 heteroatoms. The standard InChI is InChI=1S/C41H39N7O9/c1-46-23-32(28-18-20-43-37(28)41(46)54)30-22-26(48(55)56)11-16-34(30)57-27-12-8-24(9-13-27)44-35(49)7-5-3-2-4-6-19-42-25-10-14-29-31(21-25)40(53)47(39(29)52)33-15-17-36(50)45-38(33)51/h8-14,16,18,20-23,33,42-43H,2-7,15,17,19H2,1H3,(H,44,49)(H,45,50,51). The summed E-state index contributed by atoms with van der Waals surface area (Å²) in [5.74, 6) is -1.46. The van der Waals surface area contributed by atoms with E-state index in [1.807, 2.05) is 0 Å². The predicted molar refractivity (Wildman–Crippen MR) is 210 cm³/mol. The molecule has 292 valence electrons. The second-order valence-corrected chi connectivity index (χ2v) is 14.0. The minimum atomic E-state index is -1.00. The zero-order valence-electron chi connectivity index (χ0n) is 31.0. The lowest BCUT2D eigenvalue weighted by Gasteiger charge is -2.27. The number of nitrogens with zero attached hydrogens (tertiary/aromatic N) is 3. The van der Waals surface area contributed by atoms with E-state index in [-0.39, 0.29) is 41.1 Å². The zero-order chi connectivity index (χ0) is 40.2. The number of aromatic nitrogens is 2. The van der Waals surface area contributed by atoms with E-state index in [4.69, 9.17) is 4.74 Å². The summed E-state index contributed by atoms with van der Waals surface area (Å²) in [5, 5.41) is 20.6. The van der Waals surface area contributed by atoms with E-state index in [9.17, 15) is 38.9 Å². The first-order valence-electron chi connectivity index (χ1n) is 18.6. The number of non-ortho nitro benzene ring substituents is 1. The van der Waals surface area contributed by atoms with Crippen molar-refractivity contribution in [3.8, 4) is 22.6 Å². The Kier molecular flexibility index (Phi) is 10.9. The van der Waals surface area contributed by atoms with Gasteiger partial charge >= 0.3 is 0 Å². The summed E-state index contributed by atoms with van der Waals surface area (Å²) < 4.78 is 7.58. The summed E-state index contributed by atoms with van der Waals surface area (Å²) in [6, 6.07) is 16.8. The number of benzene rings is 3. The van der Waals surface area contributed by atoms with Crippen LogP contribution in [0.25, 0.3) is 22.0 Å². The third kappa shape index (κ3) is 8.15. The van der Waals surface area contributed by atoms with Crippen LogP contribution in [0.1, 0.15) is 72.1 Å². The molecule has 0 bridgehead atoms. The topological polar surface area (TPSA) is 215 Å². The van der Waals surface area contributed by atoms with Gasteiger partial charge in [-0.15, -0.1) is 0 Å². The first-order chi connectivity index (χ1) is 27.5. The van der Waals surface area contributed by atoms with Crippen LogP contribution < -0.4 is 26.2 Å². The molecule has 0 aliphatic carbocycles. The van der Waals surface area contributed by atoms with E-state index < -0.39 is 34.6 Å². The van der Waals surface area contributed by atoms with E-state index in [1.54, 1.807) is 68.0 Å². The Balaban J connectivity index is 0.842. The van der Waals surface area contributed by atoms with Crippen LogP contribution in [0.15, 0.2) is 83.9 Å². The predicted octanol–water partition coefficient (Wildman–Crippen LogP) is 6.03. The number of fused-ring (bicyclic) bond motifs is 2. The van der Waals surface area contributed by atoms with Crippen LogP contribution in [-0.2, 0) is 21.4 Å². The number of piperidine rings is 1. The van der Waals surface area contributed by atoms with E-state index in [2.05, 4.69) is 20.9 Å². The Hall–Kier alpha value is -7.10. The molecule has 0 spiro atoms. The van der Waals surface area contributed by atoms with Crippen molar-refractivity contribution in [2.75, 3.05) is 17.2 Å². The molecule has 2 aliphatic rings. The lowest BCUT2D eigenvalue weighted by molar-refractivity contribution is -0.384. The maximum absolute atomic E-state index is 13.1. The molecule has 7 rings (SSSR count). The average Bonchev–Trinajstić information content (AvgIpc) is 3.78. The van der Waals surface area contributed by atoms with Gasteiger partial charge in [0.15, 0.2) is 0 Å². The maximum Gasteiger partial charge on any atom is 0.274 e. The summed E-state index contributed by atoms with van der Waals surface area (Å²) in [5.41, 5.74) is 2.79. The highest BCUT2D eigenvalue weighted by atomic mass is 16.6. The normalized spacial score (nSPS) is 15.1. The number of nitro groups is 1. The van der Waals surface area contributed by atoms with Crippen molar-refractivity contribution < 1.29 is 33.6 Å². The van der Waals surface area contributed by atoms with Gasteiger partial charge in [0, 0.05) is 78.8 Å². The molecule has 1 fully saturated rings. The smallest absolute Gasteiger partial charge is 0.274 e. The van der Waals surface area contributed by atoms with Gasteiger partial charge in [-0.2, -0.15) is 0 Å². The van der Waals surface area contributed by atoms with E-state index in [0.29, 0.717) is 64.3 Å².